The SMILES string of the molecule is CCNc1cccc(C(=O)NC2CC2(C)C)n1. The summed E-state index contributed by atoms with van der Waals surface area (Å²) in [4.78, 5) is 16.2. The van der Waals surface area contributed by atoms with Gasteiger partial charge in [0.1, 0.15) is 11.5 Å². The summed E-state index contributed by atoms with van der Waals surface area (Å²) in [7, 11) is 0. The number of hydrogen-bond donors (Lipinski definition) is 2. The van der Waals surface area contributed by atoms with Crippen LogP contribution in [0.2, 0.25) is 0 Å². The highest BCUT2D eigenvalue weighted by molar-refractivity contribution is 5.93. The molecule has 1 fully saturated rings. The zero-order valence-corrected chi connectivity index (χ0v) is 10.6. The minimum atomic E-state index is -0.0830. The van der Waals surface area contributed by atoms with Gasteiger partial charge in [-0.25, -0.2) is 4.98 Å². The fraction of sp³-hybridized carbons (Fsp3) is 0.538. The number of nitrogens with zero attached hydrogens (tertiary/aromatic N) is 1. The van der Waals surface area contributed by atoms with Crippen LogP contribution in [0, 0.1) is 5.41 Å². The van der Waals surface area contributed by atoms with E-state index < -0.39 is 0 Å². The summed E-state index contributed by atoms with van der Waals surface area (Å²) in [5.41, 5.74) is 0.723. The van der Waals surface area contributed by atoms with Crippen LogP contribution in [0.15, 0.2) is 18.2 Å². The van der Waals surface area contributed by atoms with Gasteiger partial charge in [0.15, 0.2) is 0 Å². The Labute approximate surface area is 102 Å². The van der Waals surface area contributed by atoms with Gasteiger partial charge in [-0.2, -0.15) is 0 Å². The number of pyridine rings is 1. The lowest BCUT2D eigenvalue weighted by molar-refractivity contribution is 0.0941. The first-order valence-corrected chi connectivity index (χ1v) is 6.05. The molecule has 1 aliphatic carbocycles. The van der Waals surface area contributed by atoms with Crippen molar-refractivity contribution in [3.8, 4) is 0 Å². The molecule has 0 aliphatic heterocycles. The van der Waals surface area contributed by atoms with E-state index in [1.54, 1.807) is 6.07 Å². The second-order valence-electron chi connectivity index (χ2n) is 5.16. The Morgan fingerprint density at radius 1 is 1.53 bits per heavy atom. The molecular formula is C13H19N3O. The number of carbonyl (C=O) groups is 1. The maximum atomic E-state index is 11.9. The first-order chi connectivity index (χ1) is 8.03. The first-order valence-electron chi connectivity index (χ1n) is 6.05. The van der Waals surface area contributed by atoms with E-state index >= 15 is 0 Å². The molecule has 1 heterocycles. The maximum Gasteiger partial charge on any atom is 0.270 e. The Hall–Kier alpha value is -1.58. The molecule has 0 aromatic carbocycles. The van der Waals surface area contributed by atoms with Gasteiger partial charge < -0.3 is 10.6 Å². The molecule has 1 aromatic rings. The Morgan fingerprint density at radius 3 is 2.82 bits per heavy atom. The van der Waals surface area contributed by atoms with Gasteiger partial charge in [-0.15, -0.1) is 0 Å². The molecule has 17 heavy (non-hydrogen) atoms. The van der Waals surface area contributed by atoms with Crippen LogP contribution in [0.3, 0.4) is 0 Å². The van der Waals surface area contributed by atoms with Crippen molar-refractivity contribution in [2.75, 3.05) is 11.9 Å². The van der Waals surface area contributed by atoms with Crippen LogP contribution in [-0.4, -0.2) is 23.5 Å². The van der Waals surface area contributed by atoms with E-state index in [4.69, 9.17) is 0 Å². The van der Waals surface area contributed by atoms with E-state index in [2.05, 4.69) is 29.5 Å². The van der Waals surface area contributed by atoms with Gasteiger partial charge in [0.2, 0.25) is 0 Å². The quantitative estimate of drug-likeness (QED) is 0.836. The fourth-order valence-electron chi connectivity index (χ4n) is 1.79. The van der Waals surface area contributed by atoms with E-state index in [-0.39, 0.29) is 11.3 Å². The molecule has 0 saturated heterocycles. The number of anilines is 1. The van der Waals surface area contributed by atoms with Crippen molar-refractivity contribution in [1.29, 1.82) is 0 Å². The first kappa shape index (κ1) is 11.9. The monoisotopic (exact) mass is 233 g/mol. The zero-order chi connectivity index (χ0) is 12.5. The molecule has 1 aromatic heterocycles. The smallest absolute Gasteiger partial charge is 0.270 e. The molecule has 4 heteroatoms. The summed E-state index contributed by atoms with van der Waals surface area (Å²) < 4.78 is 0. The van der Waals surface area contributed by atoms with Gasteiger partial charge in [0.05, 0.1) is 0 Å². The topological polar surface area (TPSA) is 54.0 Å². The summed E-state index contributed by atoms with van der Waals surface area (Å²) in [6.07, 6.45) is 1.05. The number of nitrogens with one attached hydrogen (secondary N) is 2. The normalized spacial score (nSPS) is 20.8. The van der Waals surface area contributed by atoms with Crippen LogP contribution in [0.5, 0.6) is 0 Å². The van der Waals surface area contributed by atoms with E-state index in [0.29, 0.717) is 11.7 Å². The lowest BCUT2D eigenvalue weighted by Crippen LogP contribution is -2.29. The number of rotatable bonds is 4. The van der Waals surface area contributed by atoms with Crippen LogP contribution in [-0.2, 0) is 0 Å². The lowest BCUT2D eigenvalue weighted by atomic mass is 10.2. The van der Waals surface area contributed by atoms with Gasteiger partial charge in [0, 0.05) is 12.6 Å². The molecule has 1 atom stereocenters. The largest absolute Gasteiger partial charge is 0.370 e. The Bertz CT molecular complexity index is 428. The maximum absolute atomic E-state index is 11.9. The van der Waals surface area contributed by atoms with Gasteiger partial charge in [-0.05, 0) is 30.9 Å². The summed E-state index contributed by atoms with van der Waals surface area (Å²) in [6.45, 7) is 7.11. The molecule has 0 radical (unpaired) electrons. The van der Waals surface area contributed by atoms with E-state index in [1.807, 2.05) is 19.1 Å². The molecule has 1 aliphatic rings. The van der Waals surface area contributed by atoms with Gasteiger partial charge in [-0.1, -0.05) is 19.9 Å². The molecule has 0 spiro atoms. The molecule has 0 bridgehead atoms. The minimum Gasteiger partial charge on any atom is -0.370 e. The standard InChI is InChI=1S/C13H19N3O/c1-4-14-11-7-5-6-9(15-11)12(17)16-10-8-13(10,2)3/h5-7,10H,4,8H2,1-3H3,(H,14,15)(H,16,17). The number of hydrogen-bond acceptors (Lipinski definition) is 3. The molecule has 1 amide bonds. The molecule has 1 unspecified atom stereocenters. The summed E-state index contributed by atoms with van der Waals surface area (Å²) in [5.74, 6) is 0.663. The Kier molecular flexibility index (Phi) is 3.05. The van der Waals surface area contributed by atoms with Crippen LogP contribution >= 0.6 is 0 Å². The third-order valence-corrected chi connectivity index (χ3v) is 3.16. The lowest BCUT2D eigenvalue weighted by Gasteiger charge is -2.08. The van der Waals surface area contributed by atoms with Gasteiger partial charge in [-0.3, -0.25) is 4.79 Å². The van der Waals surface area contributed by atoms with Crippen molar-refractivity contribution in [2.45, 2.75) is 33.2 Å². The third-order valence-electron chi connectivity index (χ3n) is 3.16. The van der Waals surface area contributed by atoms with Crippen LogP contribution in [0.25, 0.3) is 0 Å². The highest BCUT2D eigenvalue weighted by atomic mass is 16.2. The molecule has 92 valence electrons. The summed E-state index contributed by atoms with van der Waals surface area (Å²) in [6, 6.07) is 5.74. The van der Waals surface area contributed by atoms with Gasteiger partial charge in [0.25, 0.3) is 5.91 Å². The van der Waals surface area contributed by atoms with Crippen LogP contribution in [0.4, 0.5) is 5.82 Å². The molecule has 2 rings (SSSR count). The second kappa shape index (κ2) is 4.35. The highest BCUT2D eigenvalue weighted by Crippen LogP contribution is 2.44. The van der Waals surface area contributed by atoms with Crippen LogP contribution in [0.1, 0.15) is 37.7 Å². The minimum absolute atomic E-state index is 0.0830. The zero-order valence-electron chi connectivity index (χ0n) is 10.6. The summed E-state index contributed by atoms with van der Waals surface area (Å²) >= 11 is 0. The number of carbonyl (C=O) groups excluding carboxylic acids is 1. The third kappa shape index (κ3) is 2.75. The van der Waals surface area contributed by atoms with Crippen molar-refractivity contribution < 1.29 is 4.79 Å². The van der Waals surface area contributed by atoms with E-state index in [1.165, 1.54) is 0 Å². The van der Waals surface area contributed by atoms with E-state index in [9.17, 15) is 4.79 Å². The highest BCUT2D eigenvalue weighted by Gasteiger charge is 2.46. The Morgan fingerprint density at radius 2 is 2.24 bits per heavy atom. The molecule has 1 saturated carbocycles. The molecular weight excluding hydrogens is 214 g/mol. The summed E-state index contributed by atoms with van der Waals surface area (Å²) in [5, 5.41) is 6.10. The fourth-order valence-corrected chi connectivity index (χ4v) is 1.79. The van der Waals surface area contributed by atoms with Crippen molar-refractivity contribution in [1.82, 2.24) is 10.3 Å². The van der Waals surface area contributed by atoms with Crippen molar-refractivity contribution in [3.05, 3.63) is 23.9 Å². The Balaban J connectivity index is 2.01. The average Bonchev–Trinajstić information content (AvgIpc) is 2.87. The van der Waals surface area contributed by atoms with Crippen molar-refractivity contribution in [3.63, 3.8) is 0 Å². The molecule has 2 N–H and O–H groups in total. The predicted molar refractivity (Wildman–Crippen MR) is 68.1 cm³/mol. The number of amides is 1. The molecule has 4 nitrogen and oxygen atoms in total. The predicted octanol–water partition coefficient (Wildman–Crippen LogP) is 2.04. The van der Waals surface area contributed by atoms with Crippen molar-refractivity contribution in [2.24, 2.45) is 5.41 Å². The second-order valence-corrected chi connectivity index (χ2v) is 5.16. The number of aromatic nitrogens is 1. The van der Waals surface area contributed by atoms with Crippen molar-refractivity contribution >= 4 is 11.7 Å². The van der Waals surface area contributed by atoms with Crippen LogP contribution < -0.4 is 10.6 Å². The average molecular weight is 233 g/mol. The van der Waals surface area contributed by atoms with Gasteiger partial charge >= 0.3 is 0 Å². The van der Waals surface area contributed by atoms with E-state index in [0.717, 1.165) is 18.8 Å².